The summed E-state index contributed by atoms with van der Waals surface area (Å²) in [7, 11) is 0. The van der Waals surface area contributed by atoms with Crippen LogP contribution in [0.15, 0.2) is 30.3 Å². The van der Waals surface area contributed by atoms with Gasteiger partial charge in [-0.2, -0.15) is 26.3 Å². The summed E-state index contributed by atoms with van der Waals surface area (Å²) < 4.78 is 79.8. The molecule has 2 aromatic rings. The van der Waals surface area contributed by atoms with Crippen molar-refractivity contribution in [3.63, 3.8) is 0 Å². The van der Waals surface area contributed by atoms with Gasteiger partial charge in [0.05, 0.1) is 27.0 Å². The number of halogens is 6. The predicted molar refractivity (Wildman–Crippen MR) is 88.9 cm³/mol. The first kappa shape index (κ1) is 21.9. The van der Waals surface area contributed by atoms with E-state index < -0.39 is 61.6 Å². The Balaban J connectivity index is 2.79. The monoisotopic (exact) mass is 423 g/mol. The van der Waals surface area contributed by atoms with Crippen LogP contribution in [0.2, 0.25) is 0 Å². The van der Waals surface area contributed by atoms with Crippen molar-refractivity contribution in [2.75, 3.05) is 5.32 Å². The van der Waals surface area contributed by atoms with Gasteiger partial charge in [-0.15, -0.1) is 0 Å². The van der Waals surface area contributed by atoms with Gasteiger partial charge in [0, 0.05) is 11.8 Å². The van der Waals surface area contributed by atoms with Gasteiger partial charge >= 0.3 is 12.4 Å². The summed E-state index contributed by atoms with van der Waals surface area (Å²) in [6.45, 7) is 1.32. The fourth-order valence-electron chi connectivity index (χ4n) is 2.70. The third-order valence-electron chi connectivity index (χ3n) is 3.91. The highest BCUT2D eigenvalue weighted by Gasteiger charge is 2.40. The van der Waals surface area contributed by atoms with Gasteiger partial charge in [0.2, 0.25) is 0 Å². The Bertz CT molecular complexity index is 972. The minimum atomic E-state index is -5.26. The normalized spacial score (nSPS) is 12.0. The van der Waals surface area contributed by atoms with Crippen molar-refractivity contribution in [3.05, 3.63) is 67.3 Å². The Morgan fingerprint density at radius 2 is 1.52 bits per heavy atom. The second-order valence-electron chi connectivity index (χ2n) is 5.71. The molecule has 7 nitrogen and oxygen atoms in total. The molecule has 0 amide bonds. The molecule has 0 aromatic heterocycles. The average molecular weight is 423 g/mol. The van der Waals surface area contributed by atoms with Gasteiger partial charge < -0.3 is 5.32 Å². The fourth-order valence-corrected chi connectivity index (χ4v) is 2.70. The lowest BCUT2D eigenvalue weighted by Crippen LogP contribution is -2.14. The lowest BCUT2D eigenvalue weighted by Gasteiger charge is -2.19. The Kier molecular flexibility index (Phi) is 5.71. The van der Waals surface area contributed by atoms with Crippen LogP contribution < -0.4 is 5.32 Å². The van der Waals surface area contributed by atoms with Gasteiger partial charge in [-0.3, -0.25) is 20.2 Å². The number of non-ortho nitro benzene ring substituents is 1. The molecule has 0 aliphatic rings. The highest BCUT2D eigenvalue weighted by atomic mass is 19.4. The first-order valence-electron chi connectivity index (χ1n) is 7.77. The number of hydrogen-bond acceptors (Lipinski definition) is 5. The number of anilines is 2. The van der Waals surface area contributed by atoms with Crippen molar-refractivity contribution in [1.82, 2.24) is 0 Å². The maximum Gasteiger partial charge on any atom is 0.418 e. The second-order valence-corrected chi connectivity index (χ2v) is 5.71. The average Bonchev–Trinajstić information content (AvgIpc) is 2.59. The first-order chi connectivity index (χ1) is 13.3. The van der Waals surface area contributed by atoms with Crippen molar-refractivity contribution in [2.45, 2.75) is 25.7 Å². The van der Waals surface area contributed by atoms with E-state index in [1.54, 1.807) is 0 Å². The third kappa shape index (κ3) is 4.55. The molecule has 0 saturated carbocycles. The largest absolute Gasteiger partial charge is 0.418 e. The number of benzene rings is 2. The minimum Gasteiger partial charge on any atom is -0.349 e. The Hall–Kier alpha value is -3.38. The number of alkyl halides is 6. The van der Waals surface area contributed by atoms with E-state index in [2.05, 4.69) is 0 Å². The van der Waals surface area contributed by atoms with Crippen LogP contribution in [0, 0.1) is 20.2 Å². The number of nitrogens with one attached hydrogen (secondary N) is 1. The SMILES string of the molecule is CCc1c(Nc2c([N+](=O)[O-])cc([N+](=O)[O-])cc2C(F)(F)F)cccc1C(F)(F)F. The molecule has 0 atom stereocenters. The maximum atomic E-state index is 13.4. The number of nitrogens with zero attached hydrogens (tertiary/aromatic N) is 2. The van der Waals surface area contributed by atoms with Gasteiger partial charge in [0.1, 0.15) is 5.69 Å². The molecule has 0 radical (unpaired) electrons. The zero-order chi connectivity index (χ0) is 22.1. The van der Waals surface area contributed by atoms with Crippen molar-refractivity contribution in [3.8, 4) is 0 Å². The molecule has 0 spiro atoms. The van der Waals surface area contributed by atoms with E-state index in [1.807, 2.05) is 5.32 Å². The van der Waals surface area contributed by atoms with Crippen LogP contribution in [-0.2, 0) is 18.8 Å². The van der Waals surface area contributed by atoms with Crippen molar-refractivity contribution in [2.24, 2.45) is 0 Å². The molecule has 0 saturated heterocycles. The van der Waals surface area contributed by atoms with E-state index in [9.17, 15) is 46.6 Å². The smallest absolute Gasteiger partial charge is 0.349 e. The zero-order valence-corrected chi connectivity index (χ0v) is 14.4. The highest BCUT2D eigenvalue weighted by molar-refractivity contribution is 5.78. The van der Waals surface area contributed by atoms with Gasteiger partial charge in [0.25, 0.3) is 11.4 Å². The Morgan fingerprint density at radius 1 is 0.931 bits per heavy atom. The van der Waals surface area contributed by atoms with Crippen LogP contribution >= 0.6 is 0 Å². The first-order valence-corrected chi connectivity index (χ1v) is 7.77. The molecule has 2 rings (SSSR count). The van der Waals surface area contributed by atoms with Gasteiger partial charge in [-0.05, 0) is 24.1 Å². The molecule has 0 heterocycles. The van der Waals surface area contributed by atoms with E-state index in [0.717, 1.165) is 18.2 Å². The highest BCUT2D eigenvalue weighted by Crippen LogP contribution is 2.45. The standard InChI is InChI=1S/C16H11F6N3O4/c1-2-9-10(15(17,18)19)4-3-5-12(9)23-14-11(16(20,21)22)6-8(24(26)27)7-13(14)25(28)29/h3-7,23H,2H2,1H3. The maximum absolute atomic E-state index is 13.4. The molecule has 0 fully saturated rings. The Morgan fingerprint density at radius 3 is 1.97 bits per heavy atom. The van der Waals surface area contributed by atoms with E-state index in [4.69, 9.17) is 0 Å². The van der Waals surface area contributed by atoms with E-state index in [-0.39, 0.29) is 12.5 Å². The van der Waals surface area contributed by atoms with Crippen LogP contribution in [0.1, 0.15) is 23.6 Å². The van der Waals surface area contributed by atoms with Gasteiger partial charge in [0.15, 0.2) is 0 Å². The number of hydrogen-bond donors (Lipinski definition) is 1. The number of rotatable bonds is 5. The Labute approximate surface area is 158 Å². The molecule has 2 aromatic carbocycles. The zero-order valence-electron chi connectivity index (χ0n) is 14.4. The summed E-state index contributed by atoms with van der Waals surface area (Å²) >= 11 is 0. The summed E-state index contributed by atoms with van der Waals surface area (Å²) in [6, 6.07) is 3.05. The summed E-state index contributed by atoms with van der Waals surface area (Å²) in [5, 5.41) is 24.1. The molecule has 0 unspecified atom stereocenters. The molecule has 0 aliphatic carbocycles. The van der Waals surface area contributed by atoms with Crippen molar-refractivity contribution < 1.29 is 36.2 Å². The van der Waals surface area contributed by atoms with Crippen LogP contribution in [0.4, 0.5) is 49.1 Å². The molecule has 0 bridgehead atoms. The molecule has 13 heteroatoms. The lowest BCUT2D eigenvalue weighted by molar-refractivity contribution is -0.394. The molecule has 0 aliphatic heterocycles. The van der Waals surface area contributed by atoms with E-state index in [1.165, 1.54) is 6.92 Å². The van der Waals surface area contributed by atoms with Crippen LogP contribution in [0.25, 0.3) is 0 Å². The molecular formula is C16H11F6N3O4. The number of nitro groups is 2. The molecular weight excluding hydrogens is 412 g/mol. The topological polar surface area (TPSA) is 98.3 Å². The summed E-state index contributed by atoms with van der Waals surface area (Å²) in [4.78, 5) is 19.6. The predicted octanol–water partition coefficient (Wildman–Crippen LogP) is 5.85. The van der Waals surface area contributed by atoms with Gasteiger partial charge in [-0.25, -0.2) is 0 Å². The summed E-state index contributed by atoms with van der Waals surface area (Å²) in [6.07, 6.45) is -10.3. The quantitative estimate of drug-likeness (QED) is 0.370. The van der Waals surface area contributed by atoms with Crippen LogP contribution in [-0.4, -0.2) is 9.85 Å². The second kappa shape index (κ2) is 7.56. The fraction of sp³-hybridized carbons (Fsp3) is 0.250. The lowest BCUT2D eigenvalue weighted by atomic mass is 10.0. The third-order valence-corrected chi connectivity index (χ3v) is 3.91. The van der Waals surface area contributed by atoms with E-state index in [0.29, 0.717) is 6.07 Å². The van der Waals surface area contributed by atoms with Crippen molar-refractivity contribution in [1.29, 1.82) is 0 Å². The van der Waals surface area contributed by atoms with E-state index >= 15 is 0 Å². The minimum absolute atomic E-state index is 0.0779. The molecule has 156 valence electrons. The molecule has 1 N–H and O–H groups in total. The number of nitro benzene ring substituents is 2. The van der Waals surface area contributed by atoms with Crippen molar-refractivity contribution >= 4 is 22.7 Å². The van der Waals surface area contributed by atoms with Crippen LogP contribution in [0.5, 0.6) is 0 Å². The van der Waals surface area contributed by atoms with Crippen LogP contribution in [0.3, 0.4) is 0 Å². The molecule has 29 heavy (non-hydrogen) atoms. The summed E-state index contributed by atoms with van der Waals surface area (Å²) in [5.74, 6) is 0. The summed E-state index contributed by atoms with van der Waals surface area (Å²) in [5.41, 5.74) is -7.41. The van der Waals surface area contributed by atoms with Gasteiger partial charge in [-0.1, -0.05) is 13.0 Å².